The number of aliphatic imine (C=N–C) groups is 4. The molecule has 0 radical (unpaired) electrons. The smallest absolute Gasteiger partial charge is 0.202 e. The molecule has 456 valence electrons. The van der Waals surface area contributed by atoms with Crippen molar-refractivity contribution in [1.29, 1.82) is 0 Å². The summed E-state index contributed by atoms with van der Waals surface area (Å²) >= 11 is 0. The lowest BCUT2D eigenvalue weighted by Gasteiger charge is -2.21. The van der Waals surface area contributed by atoms with Crippen LogP contribution >= 0.6 is 0 Å². The van der Waals surface area contributed by atoms with Gasteiger partial charge < -0.3 is 40.2 Å². The maximum atomic E-state index is 6.03. The number of rotatable bonds is 16. The molecule has 12 nitrogen and oxygen atoms in total. The maximum absolute atomic E-state index is 6.03. The number of amidine groups is 4. The van der Waals surface area contributed by atoms with Crippen LogP contribution in [-0.2, 0) is 0 Å². The van der Waals surface area contributed by atoms with Gasteiger partial charge in [0.05, 0.1) is 0 Å². The second-order valence-electron chi connectivity index (χ2n) is 25.9. The SMILES string of the molecule is CC(C)(C)Oc1ccc(/C=C/c2ccc(NC3=NC(=C4N=C(Nc5ccc(/C=C/c6ccc(OC(C)(C)C)cc6)cc5)C(Nc5ccc(/C=C/c6ccc(OC(C)(C)C)cc6)cc5)=N4)N=C3Nc3ccc(/C=C/c4ccc(OC(C)(C)C)cc4)cc3)cc2)cc1. The summed E-state index contributed by atoms with van der Waals surface area (Å²) in [5, 5.41) is 14.2. The lowest BCUT2D eigenvalue weighted by molar-refractivity contribution is 0.130. The van der Waals surface area contributed by atoms with Crippen molar-refractivity contribution < 1.29 is 18.9 Å². The number of benzene rings is 8. The Hall–Kier alpha value is -10.5. The minimum atomic E-state index is -0.267. The minimum Gasteiger partial charge on any atom is -0.488 e. The lowest BCUT2D eigenvalue weighted by Crippen LogP contribution is -2.27. The van der Waals surface area contributed by atoms with Crippen LogP contribution in [0.3, 0.4) is 0 Å². The molecule has 0 bridgehead atoms. The topological polar surface area (TPSA) is 134 Å². The summed E-state index contributed by atoms with van der Waals surface area (Å²) in [7, 11) is 0. The van der Waals surface area contributed by atoms with E-state index in [1.54, 1.807) is 0 Å². The van der Waals surface area contributed by atoms with Gasteiger partial charge >= 0.3 is 0 Å². The second-order valence-corrected chi connectivity index (χ2v) is 25.9. The zero-order valence-corrected chi connectivity index (χ0v) is 53.5. The van der Waals surface area contributed by atoms with Gasteiger partial charge in [-0.3, -0.25) is 0 Å². The van der Waals surface area contributed by atoms with E-state index in [-0.39, 0.29) is 22.4 Å². The molecule has 8 aromatic carbocycles. The Morgan fingerprint density at radius 1 is 0.222 bits per heavy atom. The molecule has 0 atom stereocenters. The van der Waals surface area contributed by atoms with E-state index in [9.17, 15) is 0 Å². The summed E-state index contributed by atoms with van der Waals surface area (Å²) in [6.07, 6.45) is 16.7. The van der Waals surface area contributed by atoms with E-state index in [1.807, 2.05) is 180 Å². The van der Waals surface area contributed by atoms with Crippen molar-refractivity contribution >= 4 is 94.7 Å². The fourth-order valence-corrected chi connectivity index (χ4v) is 9.26. The number of hydrogen-bond acceptors (Lipinski definition) is 12. The Balaban J connectivity index is 0.921. The van der Waals surface area contributed by atoms with Gasteiger partial charge in [0.1, 0.15) is 45.4 Å². The van der Waals surface area contributed by atoms with Crippen molar-refractivity contribution in [3.63, 3.8) is 0 Å². The van der Waals surface area contributed by atoms with Crippen LogP contribution in [0, 0.1) is 0 Å². The summed E-state index contributed by atoms with van der Waals surface area (Å²) < 4.78 is 24.1. The monoisotopic (exact) mass is 1190 g/mol. The molecule has 0 aliphatic carbocycles. The number of hydrogen-bond donors (Lipinski definition) is 4. The van der Waals surface area contributed by atoms with Crippen LogP contribution < -0.4 is 40.2 Å². The van der Waals surface area contributed by atoms with Crippen molar-refractivity contribution in [2.45, 2.75) is 105 Å². The predicted molar refractivity (Wildman–Crippen MR) is 380 cm³/mol. The van der Waals surface area contributed by atoms with Crippen LogP contribution in [0.5, 0.6) is 23.0 Å². The van der Waals surface area contributed by atoms with Gasteiger partial charge in [0.15, 0.2) is 23.3 Å². The first-order valence-electron chi connectivity index (χ1n) is 30.4. The molecule has 10 rings (SSSR count). The van der Waals surface area contributed by atoms with Gasteiger partial charge in [0, 0.05) is 22.7 Å². The molecule has 0 saturated heterocycles. The van der Waals surface area contributed by atoms with Crippen LogP contribution in [-0.4, -0.2) is 45.7 Å². The van der Waals surface area contributed by atoms with Gasteiger partial charge in [0.25, 0.3) is 0 Å². The molecular weight excluding hydrogens is 1110 g/mol. The Bertz CT molecular complexity index is 3520. The summed E-state index contributed by atoms with van der Waals surface area (Å²) in [6.45, 7) is 24.5. The average Bonchev–Trinajstić information content (AvgIpc) is 2.15. The van der Waals surface area contributed by atoms with E-state index in [2.05, 4.69) is 167 Å². The fourth-order valence-electron chi connectivity index (χ4n) is 9.26. The van der Waals surface area contributed by atoms with Gasteiger partial charge in [-0.2, -0.15) is 0 Å². The molecule has 4 N–H and O–H groups in total. The van der Waals surface area contributed by atoms with E-state index >= 15 is 0 Å². The zero-order chi connectivity index (χ0) is 63.5. The molecule has 0 fully saturated rings. The summed E-state index contributed by atoms with van der Waals surface area (Å²) in [5.41, 5.74) is 10.6. The van der Waals surface area contributed by atoms with Gasteiger partial charge in [-0.15, -0.1) is 0 Å². The highest BCUT2D eigenvalue weighted by molar-refractivity contribution is 6.51. The molecule has 90 heavy (non-hydrogen) atoms. The van der Waals surface area contributed by atoms with Crippen molar-refractivity contribution in [2.24, 2.45) is 20.0 Å². The van der Waals surface area contributed by atoms with Crippen LogP contribution in [0.25, 0.3) is 48.6 Å². The molecule has 0 aromatic heterocycles. The van der Waals surface area contributed by atoms with E-state index in [0.717, 1.165) is 90.3 Å². The van der Waals surface area contributed by atoms with Gasteiger partial charge in [-0.25, -0.2) is 20.0 Å². The molecule has 0 amide bonds. The first kappa shape index (κ1) is 62.6. The summed E-state index contributed by atoms with van der Waals surface area (Å²) in [6, 6.07) is 65.1. The molecule has 0 saturated carbocycles. The minimum absolute atomic E-state index is 0.267. The van der Waals surface area contributed by atoms with E-state index in [4.69, 9.17) is 38.9 Å². The standard InChI is InChI=1S/C78H80N8O4/c1-75(2,3)87-65-45-29-57(30-46-65)17-13-53-21-37-61(38-22-53)79-69-70(80-62-39-23-54(24-40-62)14-18-58-31-47-66(48-32-58)88-76(4,5)6)84-73(83-69)74-85-71(81-63-41-25-55(26-42-63)15-19-59-33-49-67(50-34-59)89-77(7,8)9)72(86-74)82-64-43-27-56(28-44-64)16-20-60-35-51-68(52-36-60)90-78(10,11)12/h13-52H,1-12H3,(H,79,83)(H,80,84)(H,81,85)(H,82,86)/b17-13+,18-14+,19-15+,20-16+. The largest absolute Gasteiger partial charge is 0.488 e. The number of ether oxygens (including phenoxy) is 4. The average molecular weight is 1190 g/mol. The molecular formula is C78H80N8O4. The third-order valence-corrected chi connectivity index (χ3v) is 13.3. The third kappa shape index (κ3) is 19.3. The predicted octanol–water partition coefficient (Wildman–Crippen LogP) is 19.6. The van der Waals surface area contributed by atoms with Gasteiger partial charge in [-0.1, -0.05) is 146 Å². The number of nitrogens with zero attached hydrogens (tertiary/aromatic N) is 4. The van der Waals surface area contributed by atoms with E-state index in [0.29, 0.717) is 35.0 Å². The lowest BCUT2D eigenvalue weighted by atomic mass is 10.1. The third-order valence-electron chi connectivity index (χ3n) is 13.3. The number of anilines is 4. The number of nitrogens with one attached hydrogen (secondary N) is 4. The normalized spacial score (nSPS) is 13.8. The Labute approximate surface area is 531 Å². The first-order chi connectivity index (χ1) is 42.9. The Kier molecular flexibility index (Phi) is 19.0. The van der Waals surface area contributed by atoms with Gasteiger partial charge in [0.2, 0.25) is 11.6 Å². The van der Waals surface area contributed by atoms with E-state index in [1.165, 1.54) is 0 Å². The molecule has 2 aliphatic rings. The highest BCUT2D eigenvalue weighted by Gasteiger charge is 2.26. The summed E-state index contributed by atoms with van der Waals surface area (Å²) in [5.74, 6) is 5.99. The molecule has 2 heterocycles. The van der Waals surface area contributed by atoms with Crippen molar-refractivity contribution in [1.82, 2.24) is 0 Å². The Morgan fingerprint density at radius 2 is 0.367 bits per heavy atom. The fraction of sp³-hybridized carbons (Fsp3) is 0.205. The Morgan fingerprint density at radius 3 is 0.511 bits per heavy atom. The van der Waals surface area contributed by atoms with Crippen LogP contribution in [0.2, 0.25) is 0 Å². The molecule has 2 aliphatic heterocycles. The quantitative estimate of drug-likeness (QED) is 0.0703. The first-order valence-corrected chi connectivity index (χ1v) is 30.4. The molecule has 0 spiro atoms. The van der Waals surface area contributed by atoms with Crippen molar-refractivity contribution in [2.75, 3.05) is 21.3 Å². The van der Waals surface area contributed by atoms with Crippen molar-refractivity contribution in [3.8, 4) is 23.0 Å². The van der Waals surface area contributed by atoms with E-state index < -0.39 is 0 Å². The zero-order valence-electron chi connectivity index (χ0n) is 53.5. The molecule has 8 aromatic rings. The van der Waals surface area contributed by atoms with Crippen LogP contribution in [0.1, 0.15) is 128 Å². The molecule has 12 heteroatoms. The highest BCUT2D eigenvalue weighted by atomic mass is 16.5. The van der Waals surface area contributed by atoms with Crippen LogP contribution in [0.4, 0.5) is 22.7 Å². The van der Waals surface area contributed by atoms with Crippen molar-refractivity contribution in [3.05, 3.63) is 250 Å². The summed E-state index contributed by atoms with van der Waals surface area (Å²) in [4.78, 5) is 20.4. The second kappa shape index (κ2) is 27.3. The highest BCUT2D eigenvalue weighted by Crippen LogP contribution is 2.29. The maximum Gasteiger partial charge on any atom is 0.202 e. The van der Waals surface area contributed by atoms with Gasteiger partial charge in [-0.05, 0) is 225 Å². The van der Waals surface area contributed by atoms with Crippen LogP contribution in [0.15, 0.2) is 226 Å². The molecule has 0 unspecified atom stereocenters.